The number of aromatic amines is 1. The summed E-state index contributed by atoms with van der Waals surface area (Å²) in [6.45, 7) is 1.76. The third-order valence-electron chi connectivity index (χ3n) is 3.41. The van der Waals surface area contributed by atoms with Crippen molar-refractivity contribution in [1.29, 1.82) is 0 Å². The highest BCUT2D eigenvalue weighted by atomic mass is 79.9. The number of carbonyl (C=O) groups excluding carboxylic acids is 1. The van der Waals surface area contributed by atoms with E-state index in [-0.39, 0.29) is 11.5 Å². The van der Waals surface area contributed by atoms with Crippen LogP contribution in [0.2, 0.25) is 0 Å². The lowest BCUT2D eigenvalue weighted by atomic mass is 10.1. The van der Waals surface area contributed by atoms with Gasteiger partial charge in [0.25, 0.3) is 11.5 Å². The van der Waals surface area contributed by atoms with Gasteiger partial charge in [-0.25, -0.2) is 0 Å². The fourth-order valence-electron chi connectivity index (χ4n) is 2.23. The Labute approximate surface area is 135 Å². The highest BCUT2D eigenvalue weighted by Crippen LogP contribution is 2.20. The highest BCUT2D eigenvalue weighted by Gasteiger charge is 2.10. The summed E-state index contributed by atoms with van der Waals surface area (Å²) in [5.41, 5.74) is 2.42. The van der Waals surface area contributed by atoms with Crippen LogP contribution >= 0.6 is 15.9 Å². The van der Waals surface area contributed by atoms with Gasteiger partial charge in [-0.1, -0.05) is 18.2 Å². The molecule has 4 nitrogen and oxygen atoms in total. The predicted molar refractivity (Wildman–Crippen MR) is 91.4 cm³/mol. The maximum absolute atomic E-state index is 12.3. The Bertz CT molecular complexity index is 931. The molecule has 0 saturated heterocycles. The molecule has 0 aliphatic carbocycles. The summed E-state index contributed by atoms with van der Waals surface area (Å²) < 4.78 is 0.734. The summed E-state index contributed by atoms with van der Waals surface area (Å²) >= 11 is 3.36. The molecule has 0 saturated carbocycles. The standard InChI is InChI=1S/C17H13BrN2O2/c1-10-8-11-6-7-12(9-15(11)20-16(10)21)19-17(22)13-4-2-3-5-14(13)18/h2-9H,1H3,(H,19,22)(H,20,21). The van der Waals surface area contributed by atoms with Crippen molar-refractivity contribution in [3.63, 3.8) is 0 Å². The summed E-state index contributed by atoms with van der Waals surface area (Å²) in [5, 5.41) is 3.76. The molecule has 0 unspecified atom stereocenters. The van der Waals surface area contributed by atoms with Gasteiger partial charge >= 0.3 is 0 Å². The van der Waals surface area contributed by atoms with Gasteiger partial charge in [-0.3, -0.25) is 9.59 Å². The number of aromatic nitrogens is 1. The molecule has 22 heavy (non-hydrogen) atoms. The average molecular weight is 357 g/mol. The molecule has 0 aliphatic heterocycles. The lowest BCUT2D eigenvalue weighted by molar-refractivity contribution is 0.102. The van der Waals surface area contributed by atoms with Crippen LogP contribution in [-0.2, 0) is 0 Å². The monoisotopic (exact) mass is 356 g/mol. The van der Waals surface area contributed by atoms with Crippen LogP contribution in [0.4, 0.5) is 5.69 Å². The number of carbonyl (C=O) groups is 1. The van der Waals surface area contributed by atoms with E-state index in [1.807, 2.05) is 30.3 Å². The van der Waals surface area contributed by atoms with Gasteiger partial charge in [0.1, 0.15) is 0 Å². The number of amides is 1. The average Bonchev–Trinajstić information content (AvgIpc) is 2.49. The fourth-order valence-corrected chi connectivity index (χ4v) is 2.70. The molecular formula is C17H13BrN2O2. The molecule has 0 aliphatic rings. The fraction of sp³-hybridized carbons (Fsp3) is 0.0588. The van der Waals surface area contributed by atoms with Gasteiger partial charge in [0.15, 0.2) is 0 Å². The summed E-state index contributed by atoms with van der Waals surface area (Å²) in [6, 6.07) is 14.5. The normalized spacial score (nSPS) is 10.6. The number of H-pyrrole nitrogens is 1. The molecule has 1 heterocycles. The molecule has 3 aromatic rings. The van der Waals surface area contributed by atoms with Crippen molar-refractivity contribution in [3.8, 4) is 0 Å². The molecular weight excluding hydrogens is 344 g/mol. The van der Waals surface area contributed by atoms with Crippen LogP contribution in [-0.4, -0.2) is 10.9 Å². The van der Waals surface area contributed by atoms with E-state index in [9.17, 15) is 9.59 Å². The van der Waals surface area contributed by atoms with Gasteiger partial charge in [-0.15, -0.1) is 0 Å². The van der Waals surface area contributed by atoms with Crippen LogP contribution in [0, 0.1) is 6.92 Å². The number of anilines is 1. The van der Waals surface area contributed by atoms with Crippen molar-refractivity contribution in [2.24, 2.45) is 0 Å². The number of fused-ring (bicyclic) bond motifs is 1. The van der Waals surface area contributed by atoms with Crippen molar-refractivity contribution in [3.05, 3.63) is 74.5 Å². The van der Waals surface area contributed by atoms with Crippen molar-refractivity contribution in [2.45, 2.75) is 6.92 Å². The number of pyridine rings is 1. The Morgan fingerprint density at radius 1 is 1.14 bits per heavy atom. The summed E-state index contributed by atoms with van der Waals surface area (Å²) in [6.07, 6.45) is 0. The second-order valence-electron chi connectivity index (χ2n) is 5.02. The van der Waals surface area contributed by atoms with Crippen molar-refractivity contribution in [2.75, 3.05) is 5.32 Å². The Kier molecular flexibility index (Phi) is 3.81. The van der Waals surface area contributed by atoms with E-state index in [1.165, 1.54) is 0 Å². The first-order chi connectivity index (χ1) is 10.5. The van der Waals surface area contributed by atoms with Gasteiger partial charge in [0.05, 0.1) is 11.1 Å². The molecule has 0 radical (unpaired) electrons. The van der Waals surface area contributed by atoms with E-state index in [2.05, 4.69) is 26.2 Å². The molecule has 3 rings (SSSR count). The molecule has 0 bridgehead atoms. The molecule has 5 heteroatoms. The van der Waals surface area contributed by atoms with Crippen LogP contribution in [0.1, 0.15) is 15.9 Å². The zero-order valence-electron chi connectivity index (χ0n) is 11.8. The zero-order valence-corrected chi connectivity index (χ0v) is 13.4. The summed E-state index contributed by atoms with van der Waals surface area (Å²) in [4.78, 5) is 26.8. The third-order valence-corrected chi connectivity index (χ3v) is 4.10. The predicted octanol–water partition coefficient (Wildman–Crippen LogP) is 3.85. The van der Waals surface area contributed by atoms with E-state index in [1.54, 1.807) is 25.1 Å². The Morgan fingerprint density at radius 3 is 2.68 bits per heavy atom. The Hall–Kier alpha value is -2.40. The van der Waals surface area contributed by atoms with Crippen LogP contribution < -0.4 is 10.9 Å². The lowest BCUT2D eigenvalue weighted by Crippen LogP contribution is -2.13. The topological polar surface area (TPSA) is 62.0 Å². The summed E-state index contributed by atoms with van der Waals surface area (Å²) in [5.74, 6) is -0.207. The molecule has 2 aromatic carbocycles. The number of hydrogen-bond donors (Lipinski definition) is 2. The lowest BCUT2D eigenvalue weighted by Gasteiger charge is -2.08. The van der Waals surface area contributed by atoms with E-state index in [4.69, 9.17) is 0 Å². The van der Waals surface area contributed by atoms with E-state index < -0.39 is 0 Å². The molecule has 110 valence electrons. The first-order valence-electron chi connectivity index (χ1n) is 6.74. The SMILES string of the molecule is Cc1cc2ccc(NC(=O)c3ccccc3Br)cc2[nH]c1=O. The maximum Gasteiger partial charge on any atom is 0.256 e. The number of aryl methyl sites for hydroxylation is 1. The van der Waals surface area contributed by atoms with Gasteiger partial charge < -0.3 is 10.3 Å². The van der Waals surface area contributed by atoms with Crippen LogP contribution in [0.5, 0.6) is 0 Å². The largest absolute Gasteiger partial charge is 0.322 e. The quantitative estimate of drug-likeness (QED) is 0.732. The first kappa shape index (κ1) is 14.5. The molecule has 0 spiro atoms. The van der Waals surface area contributed by atoms with Gasteiger partial charge in [0.2, 0.25) is 0 Å². The molecule has 0 fully saturated rings. The summed E-state index contributed by atoms with van der Waals surface area (Å²) in [7, 11) is 0. The molecule has 0 atom stereocenters. The van der Waals surface area contributed by atoms with E-state index >= 15 is 0 Å². The van der Waals surface area contributed by atoms with Crippen molar-refractivity contribution < 1.29 is 4.79 Å². The van der Waals surface area contributed by atoms with Gasteiger partial charge in [0, 0.05) is 15.7 Å². The third kappa shape index (κ3) is 2.80. The number of hydrogen-bond acceptors (Lipinski definition) is 2. The zero-order chi connectivity index (χ0) is 15.7. The minimum absolute atomic E-state index is 0.123. The van der Waals surface area contributed by atoms with Gasteiger partial charge in [-0.05, 0) is 58.6 Å². The first-order valence-corrected chi connectivity index (χ1v) is 7.53. The minimum Gasteiger partial charge on any atom is -0.322 e. The number of benzene rings is 2. The minimum atomic E-state index is -0.207. The molecule has 1 amide bonds. The number of rotatable bonds is 2. The number of halogens is 1. The highest BCUT2D eigenvalue weighted by molar-refractivity contribution is 9.10. The van der Waals surface area contributed by atoms with Crippen molar-refractivity contribution >= 4 is 38.4 Å². The smallest absolute Gasteiger partial charge is 0.256 e. The van der Waals surface area contributed by atoms with Crippen LogP contribution in [0.15, 0.2) is 57.8 Å². The van der Waals surface area contributed by atoms with Gasteiger partial charge in [-0.2, -0.15) is 0 Å². The van der Waals surface area contributed by atoms with Crippen LogP contribution in [0.25, 0.3) is 10.9 Å². The number of nitrogens with one attached hydrogen (secondary N) is 2. The van der Waals surface area contributed by atoms with E-state index in [0.717, 1.165) is 9.86 Å². The molecule has 2 N–H and O–H groups in total. The van der Waals surface area contributed by atoms with E-state index in [0.29, 0.717) is 22.3 Å². The maximum atomic E-state index is 12.3. The second-order valence-corrected chi connectivity index (χ2v) is 5.87. The Balaban J connectivity index is 1.94. The Morgan fingerprint density at radius 2 is 1.91 bits per heavy atom. The van der Waals surface area contributed by atoms with Crippen LogP contribution in [0.3, 0.4) is 0 Å². The molecule has 1 aromatic heterocycles. The van der Waals surface area contributed by atoms with Crippen molar-refractivity contribution in [1.82, 2.24) is 4.98 Å². The second kappa shape index (κ2) is 5.77.